The number of thiocarbonyl (C=S) groups is 1. The summed E-state index contributed by atoms with van der Waals surface area (Å²) in [4.78, 5) is 26.8. The predicted octanol–water partition coefficient (Wildman–Crippen LogP) is 3.72. The van der Waals surface area contributed by atoms with Gasteiger partial charge in [0.05, 0.1) is 17.1 Å². The first kappa shape index (κ1) is 18.7. The Morgan fingerprint density at radius 2 is 2.00 bits per heavy atom. The number of hydrogen-bond donors (Lipinski definition) is 1. The van der Waals surface area contributed by atoms with Crippen molar-refractivity contribution in [1.82, 2.24) is 5.32 Å². The summed E-state index contributed by atoms with van der Waals surface area (Å²) in [6.07, 6.45) is 1.77. The Morgan fingerprint density at radius 1 is 1.18 bits per heavy atom. The lowest BCUT2D eigenvalue weighted by atomic mass is 10.0. The number of benzene rings is 2. The van der Waals surface area contributed by atoms with E-state index < -0.39 is 0 Å². The third-order valence-electron chi connectivity index (χ3n) is 4.78. The maximum Gasteiger partial charge on any atom is 0.265 e. The van der Waals surface area contributed by atoms with Gasteiger partial charge in [0.25, 0.3) is 11.8 Å². The van der Waals surface area contributed by atoms with Gasteiger partial charge in [-0.05, 0) is 54.3 Å². The number of carbonyl (C=O) groups excluding carboxylic acids is 2. The average Bonchev–Trinajstić information content (AvgIpc) is 2.97. The molecule has 1 N–H and O–H groups in total. The number of anilines is 1. The number of aryl methyl sites for hydroxylation is 2. The van der Waals surface area contributed by atoms with Crippen molar-refractivity contribution in [2.45, 2.75) is 20.4 Å². The topological polar surface area (TPSA) is 58.6 Å². The molecule has 28 heavy (non-hydrogen) atoms. The van der Waals surface area contributed by atoms with Crippen LogP contribution in [0.2, 0.25) is 0 Å². The van der Waals surface area contributed by atoms with Crippen molar-refractivity contribution in [3.8, 4) is 5.75 Å². The molecule has 2 aromatic rings. The quantitative estimate of drug-likeness (QED) is 0.617. The number of nitrogens with one attached hydrogen (secondary N) is 1. The van der Waals surface area contributed by atoms with Crippen LogP contribution in [0.5, 0.6) is 5.75 Å². The Bertz CT molecular complexity index is 1050. The van der Waals surface area contributed by atoms with Crippen LogP contribution in [0.1, 0.15) is 22.3 Å². The summed E-state index contributed by atoms with van der Waals surface area (Å²) < 4.78 is 6.04. The summed E-state index contributed by atoms with van der Waals surface area (Å²) in [6.45, 7) is 4.62. The lowest BCUT2D eigenvalue weighted by molar-refractivity contribution is -0.121. The largest absolute Gasteiger partial charge is 0.482 e. The summed E-state index contributed by atoms with van der Waals surface area (Å²) in [7, 11) is 0. The van der Waals surface area contributed by atoms with Crippen molar-refractivity contribution in [2.75, 3.05) is 11.5 Å². The first-order valence-corrected chi connectivity index (χ1v) is 10.0. The first-order valence-electron chi connectivity index (χ1n) is 8.79. The molecule has 0 radical (unpaired) electrons. The van der Waals surface area contributed by atoms with Crippen molar-refractivity contribution < 1.29 is 14.3 Å². The van der Waals surface area contributed by atoms with E-state index in [0.717, 1.165) is 11.1 Å². The minimum atomic E-state index is -0.202. The van der Waals surface area contributed by atoms with Crippen LogP contribution >= 0.6 is 24.0 Å². The van der Waals surface area contributed by atoms with Crippen LogP contribution in [-0.4, -0.2) is 22.7 Å². The van der Waals surface area contributed by atoms with E-state index in [1.165, 1.54) is 22.9 Å². The Labute approximate surface area is 172 Å². The highest BCUT2D eigenvalue weighted by Crippen LogP contribution is 2.35. The molecule has 4 rings (SSSR count). The van der Waals surface area contributed by atoms with Crippen LogP contribution in [0.3, 0.4) is 0 Å². The molecule has 1 saturated heterocycles. The molecule has 0 bridgehead atoms. The van der Waals surface area contributed by atoms with Crippen molar-refractivity contribution >= 4 is 51.9 Å². The molecule has 5 nitrogen and oxygen atoms in total. The highest BCUT2D eigenvalue weighted by atomic mass is 32.2. The minimum Gasteiger partial charge on any atom is -0.482 e. The number of nitrogens with zero attached hydrogens (tertiary/aromatic N) is 1. The highest BCUT2D eigenvalue weighted by Gasteiger charge is 2.27. The summed E-state index contributed by atoms with van der Waals surface area (Å²) in [6, 6.07) is 11.8. The molecule has 2 heterocycles. The molecule has 7 heteroatoms. The molecule has 0 aromatic heterocycles. The van der Waals surface area contributed by atoms with Gasteiger partial charge in [-0.15, -0.1) is 0 Å². The van der Waals surface area contributed by atoms with Gasteiger partial charge in [0.2, 0.25) is 0 Å². The summed E-state index contributed by atoms with van der Waals surface area (Å²) in [5.74, 6) is 0.362. The first-order chi connectivity index (χ1) is 13.4. The average molecular weight is 411 g/mol. The van der Waals surface area contributed by atoms with E-state index >= 15 is 0 Å². The lowest BCUT2D eigenvalue weighted by Gasteiger charge is -2.30. The standard InChI is InChI=1S/C21H18N2O3S2/c1-12-3-4-15(7-13(12)2)10-23-16-8-14(5-6-17(16)26-11-19(23)24)9-18-20(25)22-21(27)28-18/h3-9H,10-11H2,1-2H3,(H,22,25,27)/b18-9-. The third-order valence-corrected chi connectivity index (χ3v) is 5.94. The van der Waals surface area contributed by atoms with Gasteiger partial charge in [-0.1, -0.05) is 48.2 Å². The smallest absolute Gasteiger partial charge is 0.265 e. The molecule has 0 aliphatic carbocycles. The number of hydrogen-bond acceptors (Lipinski definition) is 5. The molecular weight excluding hydrogens is 392 g/mol. The van der Waals surface area contributed by atoms with Crippen LogP contribution in [0.4, 0.5) is 5.69 Å². The van der Waals surface area contributed by atoms with Crippen LogP contribution in [0, 0.1) is 13.8 Å². The molecular formula is C21H18N2O3S2. The van der Waals surface area contributed by atoms with E-state index in [9.17, 15) is 9.59 Å². The molecule has 1 fully saturated rings. The Morgan fingerprint density at radius 3 is 2.71 bits per heavy atom. The van der Waals surface area contributed by atoms with Gasteiger partial charge in [0.1, 0.15) is 10.1 Å². The van der Waals surface area contributed by atoms with Gasteiger partial charge in [0, 0.05) is 0 Å². The lowest BCUT2D eigenvalue weighted by Crippen LogP contribution is -2.38. The fourth-order valence-electron chi connectivity index (χ4n) is 3.14. The van der Waals surface area contributed by atoms with Crippen molar-refractivity contribution in [2.24, 2.45) is 0 Å². The summed E-state index contributed by atoms with van der Waals surface area (Å²) in [5, 5.41) is 2.61. The van der Waals surface area contributed by atoms with E-state index in [1.54, 1.807) is 11.0 Å². The van der Waals surface area contributed by atoms with Crippen molar-refractivity contribution in [3.63, 3.8) is 0 Å². The zero-order valence-corrected chi connectivity index (χ0v) is 17.1. The van der Waals surface area contributed by atoms with Crippen molar-refractivity contribution in [3.05, 3.63) is 63.6 Å². The zero-order chi connectivity index (χ0) is 19.8. The molecule has 2 aromatic carbocycles. The fraction of sp³-hybridized carbons (Fsp3) is 0.190. The molecule has 0 unspecified atom stereocenters. The van der Waals surface area contributed by atoms with Crippen LogP contribution in [-0.2, 0) is 16.1 Å². The summed E-state index contributed by atoms with van der Waals surface area (Å²) >= 11 is 6.26. The number of carbonyl (C=O) groups is 2. The van der Waals surface area contributed by atoms with Gasteiger partial charge < -0.3 is 15.0 Å². The molecule has 0 atom stereocenters. The fourth-order valence-corrected chi connectivity index (χ4v) is 4.18. The molecule has 2 aliphatic heterocycles. The van der Waals surface area contributed by atoms with Gasteiger partial charge in [-0.2, -0.15) is 0 Å². The van der Waals surface area contributed by atoms with Crippen molar-refractivity contribution in [1.29, 1.82) is 0 Å². The van der Waals surface area contributed by atoms with E-state index in [2.05, 4.69) is 31.3 Å². The second kappa shape index (κ2) is 7.41. The number of amides is 2. The van der Waals surface area contributed by atoms with Gasteiger partial charge in [-0.3, -0.25) is 9.59 Å². The molecule has 0 saturated carbocycles. The molecule has 2 aliphatic rings. The van der Waals surface area contributed by atoms with Crippen LogP contribution in [0.15, 0.2) is 41.3 Å². The third kappa shape index (κ3) is 3.68. The number of rotatable bonds is 3. The van der Waals surface area contributed by atoms with E-state index in [-0.39, 0.29) is 18.4 Å². The van der Waals surface area contributed by atoms with E-state index in [4.69, 9.17) is 17.0 Å². The zero-order valence-electron chi connectivity index (χ0n) is 15.4. The number of ether oxygens (including phenoxy) is 1. The second-order valence-corrected chi connectivity index (χ2v) is 8.49. The number of thioether (sulfide) groups is 1. The van der Waals surface area contributed by atoms with Crippen LogP contribution in [0.25, 0.3) is 6.08 Å². The Kier molecular flexibility index (Phi) is 4.95. The highest BCUT2D eigenvalue weighted by molar-refractivity contribution is 8.26. The van der Waals surface area contributed by atoms with E-state index in [0.29, 0.717) is 27.2 Å². The van der Waals surface area contributed by atoms with Gasteiger partial charge in [-0.25, -0.2) is 0 Å². The monoisotopic (exact) mass is 410 g/mol. The normalized spacial score (nSPS) is 17.6. The maximum atomic E-state index is 12.6. The maximum absolute atomic E-state index is 12.6. The minimum absolute atomic E-state index is 0.0187. The number of fused-ring (bicyclic) bond motifs is 1. The second-order valence-electron chi connectivity index (χ2n) is 6.77. The Balaban J connectivity index is 1.68. The molecule has 2 amide bonds. The van der Waals surface area contributed by atoms with Crippen LogP contribution < -0.4 is 15.0 Å². The predicted molar refractivity (Wildman–Crippen MR) is 115 cm³/mol. The SMILES string of the molecule is Cc1ccc(CN2C(=O)COc3ccc(/C=C4\SC(=S)NC4=O)cc32)cc1C. The molecule has 0 spiro atoms. The summed E-state index contributed by atoms with van der Waals surface area (Å²) in [5.41, 5.74) is 4.98. The van der Waals surface area contributed by atoms with Gasteiger partial charge >= 0.3 is 0 Å². The Hall–Kier alpha value is -2.64. The molecule has 142 valence electrons. The van der Waals surface area contributed by atoms with Gasteiger partial charge in [0.15, 0.2) is 6.61 Å². The van der Waals surface area contributed by atoms with E-state index in [1.807, 2.05) is 24.3 Å².